The van der Waals surface area contributed by atoms with Crippen LogP contribution in [0.1, 0.15) is 38.4 Å². The zero-order valence-corrected chi connectivity index (χ0v) is 22.3. The van der Waals surface area contributed by atoms with Crippen molar-refractivity contribution < 1.29 is 18.0 Å². The first-order valence-corrected chi connectivity index (χ1v) is 12.7. The summed E-state index contributed by atoms with van der Waals surface area (Å²) in [7, 11) is 1.75. The molecule has 0 bridgehead atoms. The van der Waals surface area contributed by atoms with Gasteiger partial charge in [-0.2, -0.15) is 18.2 Å². The number of imidazole rings is 1. The van der Waals surface area contributed by atoms with Crippen molar-refractivity contribution >= 4 is 40.8 Å². The number of amides is 1. The SMILES string of the molecule is CNc1ncc2c(n1)N1CCN=C1C(c1cc(NC(=O)c3cc(C(F)(F)F)cc(-n4cnc(C)c4)n3)ccc1C)=C2. The van der Waals surface area contributed by atoms with Crippen molar-refractivity contribution in [3.63, 3.8) is 0 Å². The molecular weight excluding hydrogens is 535 g/mol. The number of carbonyl (C=O) groups is 1. The molecule has 208 valence electrons. The van der Waals surface area contributed by atoms with E-state index < -0.39 is 17.6 Å². The Hall–Kier alpha value is -5.07. The minimum atomic E-state index is -4.67. The Morgan fingerprint density at radius 1 is 1.07 bits per heavy atom. The number of aliphatic imine (C=N–C) groups is 1. The maximum absolute atomic E-state index is 13.7. The third-order valence-electron chi connectivity index (χ3n) is 6.79. The molecule has 0 aliphatic carbocycles. The van der Waals surface area contributed by atoms with E-state index in [2.05, 4.69) is 30.6 Å². The molecule has 3 aromatic heterocycles. The summed E-state index contributed by atoms with van der Waals surface area (Å²) in [5, 5.41) is 5.67. The molecule has 6 rings (SSSR count). The lowest BCUT2D eigenvalue weighted by Crippen LogP contribution is -2.32. The van der Waals surface area contributed by atoms with E-state index in [-0.39, 0.29) is 11.5 Å². The van der Waals surface area contributed by atoms with Crippen molar-refractivity contribution in [1.29, 1.82) is 0 Å². The molecule has 0 spiro atoms. The second-order valence-corrected chi connectivity index (χ2v) is 9.64. The second kappa shape index (κ2) is 9.84. The van der Waals surface area contributed by atoms with Crippen LogP contribution in [0.4, 0.5) is 30.6 Å². The topological polar surface area (TPSA) is 113 Å². The van der Waals surface area contributed by atoms with Gasteiger partial charge in [-0.3, -0.25) is 14.4 Å². The van der Waals surface area contributed by atoms with Gasteiger partial charge in [0.25, 0.3) is 5.91 Å². The summed E-state index contributed by atoms with van der Waals surface area (Å²) >= 11 is 0. The predicted octanol–water partition coefficient (Wildman–Crippen LogP) is 4.76. The van der Waals surface area contributed by atoms with Crippen molar-refractivity contribution in [2.45, 2.75) is 20.0 Å². The Morgan fingerprint density at radius 3 is 2.63 bits per heavy atom. The molecule has 5 heterocycles. The average Bonchev–Trinajstić information content (AvgIpc) is 3.62. The van der Waals surface area contributed by atoms with Gasteiger partial charge in [-0.1, -0.05) is 6.07 Å². The summed E-state index contributed by atoms with van der Waals surface area (Å²) in [5.41, 5.74) is 3.02. The monoisotopic (exact) mass is 559 g/mol. The summed E-state index contributed by atoms with van der Waals surface area (Å²) in [4.78, 5) is 37.1. The van der Waals surface area contributed by atoms with Crippen molar-refractivity contribution in [3.05, 3.63) is 82.7 Å². The smallest absolute Gasteiger partial charge is 0.357 e. The van der Waals surface area contributed by atoms with Crippen LogP contribution in [0, 0.1) is 13.8 Å². The van der Waals surface area contributed by atoms with Crippen LogP contribution in [-0.2, 0) is 6.18 Å². The van der Waals surface area contributed by atoms with Gasteiger partial charge >= 0.3 is 6.18 Å². The molecule has 0 saturated carbocycles. The average molecular weight is 560 g/mol. The number of aromatic nitrogens is 5. The fourth-order valence-electron chi connectivity index (χ4n) is 4.78. The Morgan fingerprint density at radius 2 is 1.90 bits per heavy atom. The first kappa shape index (κ1) is 26.2. The summed E-state index contributed by atoms with van der Waals surface area (Å²) < 4.78 is 42.4. The van der Waals surface area contributed by atoms with Gasteiger partial charge in [-0.05, 0) is 55.3 Å². The quantitative estimate of drug-likeness (QED) is 0.363. The van der Waals surface area contributed by atoms with Crippen LogP contribution >= 0.6 is 0 Å². The molecule has 1 aromatic carbocycles. The number of rotatable bonds is 5. The molecule has 0 saturated heterocycles. The number of benzene rings is 1. The van der Waals surface area contributed by atoms with Gasteiger partial charge < -0.3 is 15.5 Å². The molecule has 1 amide bonds. The number of carbonyl (C=O) groups excluding carboxylic acids is 1. The number of alkyl halides is 3. The van der Waals surface area contributed by atoms with Crippen LogP contribution < -0.4 is 15.5 Å². The van der Waals surface area contributed by atoms with Gasteiger partial charge in [0.15, 0.2) is 0 Å². The Balaban J connectivity index is 1.35. The molecule has 4 aromatic rings. The third-order valence-corrected chi connectivity index (χ3v) is 6.79. The maximum atomic E-state index is 13.7. The molecule has 13 heteroatoms. The molecular formula is C28H24F3N9O. The second-order valence-electron chi connectivity index (χ2n) is 9.64. The number of nitrogens with one attached hydrogen (secondary N) is 2. The number of nitrogens with zero attached hydrogens (tertiary/aromatic N) is 7. The molecule has 2 N–H and O–H groups in total. The van der Waals surface area contributed by atoms with Gasteiger partial charge in [0.05, 0.1) is 17.8 Å². The molecule has 2 aliphatic rings. The summed E-state index contributed by atoms with van der Waals surface area (Å²) in [6, 6.07) is 6.93. The van der Waals surface area contributed by atoms with Crippen LogP contribution in [0.25, 0.3) is 17.5 Å². The summed E-state index contributed by atoms with van der Waals surface area (Å²) in [6.45, 7) is 4.90. The number of anilines is 3. The molecule has 0 radical (unpaired) electrons. The number of pyridine rings is 1. The lowest BCUT2D eigenvalue weighted by atomic mass is 9.94. The van der Waals surface area contributed by atoms with Crippen LogP contribution in [0.15, 0.2) is 54.0 Å². The van der Waals surface area contributed by atoms with Crippen molar-refractivity contribution in [1.82, 2.24) is 24.5 Å². The highest BCUT2D eigenvalue weighted by molar-refractivity contribution is 6.36. The highest BCUT2D eigenvalue weighted by Gasteiger charge is 2.33. The third kappa shape index (κ3) is 4.90. The molecule has 41 heavy (non-hydrogen) atoms. The van der Waals surface area contributed by atoms with E-state index in [0.717, 1.165) is 46.0 Å². The van der Waals surface area contributed by atoms with E-state index in [1.165, 1.54) is 17.1 Å². The molecule has 0 unspecified atom stereocenters. The van der Waals surface area contributed by atoms with Crippen molar-refractivity contribution in [2.24, 2.45) is 4.99 Å². The largest absolute Gasteiger partial charge is 0.416 e. The van der Waals surface area contributed by atoms with E-state index >= 15 is 0 Å². The van der Waals surface area contributed by atoms with E-state index in [9.17, 15) is 18.0 Å². The Kier molecular flexibility index (Phi) is 6.28. The first-order chi connectivity index (χ1) is 19.6. The van der Waals surface area contributed by atoms with Crippen LogP contribution in [0.3, 0.4) is 0 Å². The normalized spacial score (nSPS) is 14.2. The van der Waals surface area contributed by atoms with E-state index in [0.29, 0.717) is 30.4 Å². The maximum Gasteiger partial charge on any atom is 0.416 e. The molecule has 10 nitrogen and oxygen atoms in total. The Bertz CT molecular complexity index is 1760. The van der Waals surface area contributed by atoms with Crippen LogP contribution in [-0.4, -0.2) is 56.4 Å². The van der Waals surface area contributed by atoms with E-state index in [4.69, 9.17) is 4.99 Å². The van der Waals surface area contributed by atoms with Gasteiger partial charge in [-0.15, -0.1) is 0 Å². The molecule has 0 fully saturated rings. The fraction of sp³-hybridized carbons (Fsp3) is 0.214. The first-order valence-electron chi connectivity index (χ1n) is 12.7. The number of aryl methyl sites for hydroxylation is 2. The minimum Gasteiger partial charge on any atom is -0.357 e. The highest BCUT2D eigenvalue weighted by Crippen LogP contribution is 2.37. The minimum absolute atomic E-state index is 0.0656. The lowest BCUT2D eigenvalue weighted by Gasteiger charge is -2.28. The van der Waals surface area contributed by atoms with Gasteiger partial charge in [0, 0.05) is 42.8 Å². The van der Waals surface area contributed by atoms with Gasteiger partial charge in [-0.25, -0.2) is 15.0 Å². The number of hydrogen-bond acceptors (Lipinski definition) is 8. The molecule has 2 aliphatic heterocycles. The predicted molar refractivity (Wildman–Crippen MR) is 149 cm³/mol. The van der Waals surface area contributed by atoms with Gasteiger partial charge in [0.1, 0.15) is 29.5 Å². The zero-order chi connectivity index (χ0) is 28.9. The number of amidine groups is 1. The summed E-state index contributed by atoms with van der Waals surface area (Å²) in [5.74, 6) is 1.17. The van der Waals surface area contributed by atoms with Crippen LogP contribution in [0.2, 0.25) is 0 Å². The lowest BCUT2D eigenvalue weighted by molar-refractivity contribution is -0.137. The highest BCUT2D eigenvalue weighted by atomic mass is 19.4. The molecule has 0 atom stereocenters. The van der Waals surface area contributed by atoms with E-state index in [1.54, 1.807) is 32.3 Å². The summed E-state index contributed by atoms with van der Waals surface area (Å²) in [6.07, 6.45) is 1.90. The van der Waals surface area contributed by atoms with Crippen LogP contribution in [0.5, 0.6) is 0 Å². The fourth-order valence-corrected chi connectivity index (χ4v) is 4.78. The van der Waals surface area contributed by atoms with Crippen molar-refractivity contribution in [2.75, 3.05) is 35.7 Å². The number of hydrogen-bond donors (Lipinski definition) is 2. The standard InChI is InChI=1S/C28H24F3N9O/c1-15-4-5-19(11-20(15)21-8-17-12-34-27(32-3)38-24(17)40-7-6-33-25(21)40)36-26(41)22-9-18(28(29,30)31)10-23(37-22)39-13-16(2)35-14-39/h4-5,8-14H,6-7H2,1-3H3,(H,36,41)(H,32,34,38). The van der Waals surface area contributed by atoms with Crippen molar-refractivity contribution in [3.8, 4) is 5.82 Å². The Labute approximate surface area is 232 Å². The number of halogens is 3. The number of fused-ring (bicyclic) bond motifs is 3. The van der Waals surface area contributed by atoms with E-state index in [1.807, 2.05) is 24.0 Å². The zero-order valence-electron chi connectivity index (χ0n) is 22.3. The van der Waals surface area contributed by atoms with Gasteiger partial charge in [0.2, 0.25) is 5.95 Å².